The molecule has 0 aliphatic carbocycles. The van der Waals surface area contributed by atoms with E-state index in [4.69, 9.17) is 21.4 Å². The predicted octanol–water partition coefficient (Wildman–Crippen LogP) is 2.83. The molecule has 0 amide bonds. The van der Waals surface area contributed by atoms with Crippen molar-refractivity contribution in [1.29, 1.82) is 0 Å². The van der Waals surface area contributed by atoms with Crippen molar-refractivity contribution >= 4 is 28.5 Å². The first-order valence-corrected chi connectivity index (χ1v) is 5.75. The maximum atomic E-state index is 10.7. The molecule has 0 spiro atoms. The first-order valence-electron chi connectivity index (χ1n) is 5.37. The Hall–Kier alpha value is -1.81. The van der Waals surface area contributed by atoms with Crippen molar-refractivity contribution in [3.8, 4) is 5.75 Å². The Bertz CT molecular complexity index is 625. The molecule has 0 saturated heterocycles. The zero-order valence-electron chi connectivity index (χ0n) is 10.0. The van der Waals surface area contributed by atoms with Crippen LogP contribution >= 0.6 is 11.6 Å². The van der Waals surface area contributed by atoms with Crippen LogP contribution in [-0.4, -0.2) is 23.2 Å². The summed E-state index contributed by atoms with van der Waals surface area (Å²) >= 11 is 6.14. The van der Waals surface area contributed by atoms with Crippen molar-refractivity contribution in [2.24, 2.45) is 0 Å². The number of hydrogen-bond acceptors (Lipinski definition) is 3. The fourth-order valence-corrected chi connectivity index (χ4v) is 2.24. The van der Waals surface area contributed by atoms with Gasteiger partial charge < -0.3 is 9.84 Å². The number of carboxylic acid groups (broad SMARTS) is 1. The first-order chi connectivity index (χ1) is 8.52. The molecule has 4 nitrogen and oxygen atoms in total. The number of pyridine rings is 1. The van der Waals surface area contributed by atoms with E-state index in [-0.39, 0.29) is 6.42 Å². The third-order valence-corrected chi connectivity index (χ3v) is 2.99. The van der Waals surface area contributed by atoms with Crippen LogP contribution in [-0.2, 0) is 11.2 Å². The van der Waals surface area contributed by atoms with Crippen LogP contribution in [0.1, 0.15) is 11.3 Å². The third-order valence-electron chi connectivity index (χ3n) is 2.68. The average molecular weight is 266 g/mol. The quantitative estimate of drug-likeness (QED) is 0.927. The van der Waals surface area contributed by atoms with Crippen molar-refractivity contribution in [3.63, 3.8) is 0 Å². The molecule has 0 fully saturated rings. The molecule has 1 aromatic heterocycles. The molecule has 0 bridgehead atoms. The topological polar surface area (TPSA) is 59.4 Å². The Labute approximate surface area is 109 Å². The minimum atomic E-state index is -0.915. The smallest absolute Gasteiger partial charge is 0.309 e. The molecule has 18 heavy (non-hydrogen) atoms. The van der Waals surface area contributed by atoms with Gasteiger partial charge in [-0.2, -0.15) is 0 Å². The van der Waals surface area contributed by atoms with Crippen LogP contribution in [0.25, 0.3) is 10.9 Å². The molecule has 0 aliphatic rings. The number of aryl methyl sites for hydroxylation is 1. The van der Waals surface area contributed by atoms with Gasteiger partial charge in [0.25, 0.3) is 0 Å². The second-order valence-corrected chi connectivity index (χ2v) is 4.38. The number of carboxylic acids is 1. The van der Waals surface area contributed by atoms with Gasteiger partial charge in [-0.25, -0.2) is 4.98 Å². The van der Waals surface area contributed by atoms with Crippen molar-refractivity contribution in [3.05, 3.63) is 34.5 Å². The molecule has 0 unspecified atom stereocenters. The number of fused-ring (bicyclic) bond motifs is 1. The van der Waals surface area contributed by atoms with E-state index in [2.05, 4.69) is 4.98 Å². The van der Waals surface area contributed by atoms with Gasteiger partial charge in [0.1, 0.15) is 11.3 Å². The van der Waals surface area contributed by atoms with Gasteiger partial charge in [-0.15, -0.1) is 0 Å². The van der Waals surface area contributed by atoms with Crippen molar-refractivity contribution in [2.45, 2.75) is 13.3 Å². The van der Waals surface area contributed by atoms with E-state index in [0.717, 1.165) is 10.9 Å². The molecule has 0 atom stereocenters. The lowest BCUT2D eigenvalue weighted by Crippen LogP contribution is -2.03. The predicted molar refractivity (Wildman–Crippen MR) is 69.4 cm³/mol. The van der Waals surface area contributed by atoms with E-state index in [1.54, 1.807) is 25.3 Å². The lowest BCUT2D eigenvalue weighted by Gasteiger charge is -2.10. The fraction of sp³-hybridized carbons (Fsp3) is 0.231. The Morgan fingerprint density at radius 2 is 2.22 bits per heavy atom. The molecule has 94 valence electrons. The largest absolute Gasteiger partial charge is 0.494 e. The van der Waals surface area contributed by atoms with Gasteiger partial charge in [-0.3, -0.25) is 4.79 Å². The van der Waals surface area contributed by atoms with Crippen molar-refractivity contribution in [1.82, 2.24) is 4.98 Å². The zero-order valence-corrected chi connectivity index (χ0v) is 10.8. The molecule has 1 aromatic carbocycles. The third kappa shape index (κ3) is 2.24. The van der Waals surface area contributed by atoms with Crippen LogP contribution in [0.15, 0.2) is 18.2 Å². The number of methoxy groups -OCH3 is 1. The number of benzene rings is 1. The average Bonchev–Trinajstić information content (AvgIpc) is 2.28. The lowest BCUT2D eigenvalue weighted by molar-refractivity contribution is -0.136. The Kier molecular flexibility index (Phi) is 3.39. The SMILES string of the molecule is COc1ccc(Cl)c2c(C)cc(CC(=O)O)nc12. The molecule has 5 heteroatoms. The van der Waals surface area contributed by atoms with Gasteiger partial charge in [-0.1, -0.05) is 11.6 Å². The molecule has 2 rings (SSSR count). The highest BCUT2D eigenvalue weighted by Gasteiger charge is 2.12. The fourth-order valence-electron chi connectivity index (χ4n) is 1.94. The van der Waals surface area contributed by atoms with Crippen LogP contribution in [0.5, 0.6) is 5.75 Å². The summed E-state index contributed by atoms with van der Waals surface area (Å²) in [6, 6.07) is 5.21. The lowest BCUT2D eigenvalue weighted by atomic mass is 10.1. The highest BCUT2D eigenvalue weighted by molar-refractivity contribution is 6.35. The first kappa shape index (κ1) is 12.6. The van der Waals surface area contributed by atoms with Gasteiger partial charge in [-0.05, 0) is 30.7 Å². The Balaban J connectivity index is 2.73. The summed E-state index contributed by atoms with van der Waals surface area (Å²) in [4.78, 5) is 15.1. The number of aliphatic carboxylic acids is 1. The molecule has 1 N–H and O–H groups in total. The summed E-state index contributed by atoms with van der Waals surface area (Å²) < 4.78 is 5.23. The zero-order chi connectivity index (χ0) is 13.3. The highest BCUT2D eigenvalue weighted by Crippen LogP contribution is 2.32. The van der Waals surface area contributed by atoms with E-state index >= 15 is 0 Å². The van der Waals surface area contributed by atoms with Crippen LogP contribution < -0.4 is 4.74 Å². The van der Waals surface area contributed by atoms with E-state index in [0.29, 0.717) is 22.0 Å². The van der Waals surface area contributed by atoms with Gasteiger partial charge >= 0.3 is 5.97 Å². The molecule has 2 aromatic rings. The number of hydrogen-bond donors (Lipinski definition) is 1. The van der Waals surface area contributed by atoms with Crippen molar-refractivity contribution < 1.29 is 14.6 Å². The number of carbonyl (C=O) groups is 1. The van der Waals surface area contributed by atoms with Crippen LogP contribution in [0.2, 0.25) is 5.02 Å². The number of halogens is 1. The van der Waals surface area contributed by atoms with Gasteiger partial charge in [0.05, 0.1) is 24.2 Å². The second-order valence-electron chi connectivity index (χ2n) is 3.97. The maximum Gasteiger partial charge on any atom is 0.309 e. The normalized spacial score (nSPS) is 10.6. The molecular formula is C13H12ClNO3. The van der Waals surface area contributed by atoms with E-state index in [1.165, 1.54) is 0 Å². The summed E-state index contributed by atoms with van der Waals surface area (Å²) in [6.07, 6.45) is -0.119. The number of aromatic nitrogens is 1. The van der Waals surface area contributed by atoms with Crippen LogP contribution in [0.4, 0.5) is 0 Å². The summed E-state index contributed by atoms with van der Waals surface area (Å²) in [5.74, 6) is -0.327. The minimum absolute atomic E-state index is 0.119. The Morgan fingerprint density at radius 3 is 2.83 bits per heavy atom. The second kappa shape index (κ2) is 4.82. The maximum absolute atomic E-state index is 10.7. The van der Waals surface area contributed by atoms with E-state index in [9.17, 15) is 4.79 Å². The van der Waals surface area contributed by atoms with Gasteiger partial charge in [0.15, 0.2) is 0 Å². The highest BCUT2D eigenvalue weighted by atomic mass is 35.5. The summed E-state index contributed by atoms with van der Waals surface area (Å²) in [7, 11) is 1.55. The van der Waals surface area contributed by atoms with Crippen LogP contribution in [0.3, 0.4) is 0 Å². The summed E-state index contributed by atoms with van der Waals surface area (Å²) in [5.41, 5.74) is 1.98. The number of nitrogens with zero attached hydrogens (tertiary/aromatic N) is 1. The van der Waals surface area contributed by atoms with E-state index < -0.39 is 5.97 Å². The molecule has 0 saturated carbocycles. The minimum Gasteiger partial charge on any atom is -0.494 e. The monoisotopic (exact) mass is 265 g/mol. The molecular weight excluding hydrogens is 254 g/mol. The van der Waals surface area contributed by atoms with Crippen LogP contribution in [0, 0.1) is 6.92 Å². The number of ether oxygens (including phenoxy) is 1. The van der Waals surface area contributed by atoms with Crippen molar-refractivity contribution in [2.75, 3.05) is 7.11 Å². The van der Waals surface area contributed by atoms with Gasteiger partial charge in [0.2, 0.25) is 0 Å². The van der Waals surface area contributed by atoms with E-state index in [1.807, 2.05) is 6.92 Å². The summed E-state index contributed by atoms with van der Waals surface area (Å²) in [5, 5.41) is 10.2. The standard InChI is InChI=1S/C13H12ClNO3/c1-7-5-8(6-11(16)17)15-13-10(18-2)4-3-9(14)12(7)13/h3-5H,6H2,1-2H3,(H,16,17). The summed E-state index contributed by atoms with van der Waals surface area (Å²) in [6.45, 7) is 1.88. The van der Waals surface area contributed by atoms with Gasteiger partial charge in [0, 0.05) is 5.39 Å². The Morgan fingerprint density at radius 1 is 1.50 bits per heavy atom. The number of rotatable bonds is 3. The molecule has 0 aliphatic heterocycles. The molecule has 1 heterocycles. The molecule has 0 radical (unpaired) electrons.